The maximum Gasteiger partial charge on any atom is 0.472 e. The van der Waals surface area contributed by atoms with Gasteiger partial charge in [-0.3, -0.25) is 13.8 Å². The summed E-state index contributed by atoms with van der Waals surface area (Å²) in [7, 11) is -4.51. The van der Waals surface area contributed by atoms with Crippen LogP contribution in [-0.4, -0.2) is 66.3 Å². The number of carbonyl (C=O) groups is 1. The number of carbonyl (C=O) groups excluding carboxylic acids is 1. The Bertz CT molecular complexity index is 805. The molecule has 0 radical (unpaired) electrons. The summed E-state index contributed by atoms with van der Waals surface area (Å²) in [6, 6.07) is 0. The van der Waals surface area contributed by atoms with Crippen molar-refractivity contribution >= 4 is 13.8 Å². The van der Waals surface area contributed by atoms with E-state index in [2.05, 4.69) is 38.2 Å². The van der Waals surface area contributed by atoms with Gasteiger partial charge in [0.05, 0.1) is 26.4 Å². The van der Waals surface area contributed by atoms with Gasteiger partial charge < -0.3 is 24.6 Å². The minimum absolute atomic E-state index is 0.0436. The molecule has 0 bridgehead atoms. The molecule has 3 unspecified atom stereocenters. The van der Waals surface area contributed by atoms with Crippen LogP contribution in [0.1, 0.15) is 168 Å². The zero-order valence-corrected chi connectivity index (χ0v) is 31.6. The second kappa shape index (κ2) is 35.8. The predicted molar refractivity (Wildman–Crippen MR) is 196 cm³/mol. The largest absolute Gasteiger partial charge is 0.472 e. The third-order valence-corrected chi connectivity index (χ3v) is 9.06. The molecular weight excluding hydrogens is 631 g/mol. The van der Waals surface area contributed by atoms with Gasteiger partial charge in [0.1, 0.15) is 12.2 Å². The highest BCUT2D eigenvalue weighted by molar-refractivity contribution is 7.47. The highest BCUT2D eigenvalue weighted by Crippen LogP contribution is 2.43. The summed E-state index contributed by atoms with van der Waals surface area (Å²) in [5.74, 6) is -0.395. The van der Waals surface area contributed by atoms with Crippen molar-refractivity contribution in [2.24, 2.45) is 0 Å². The number of hydrogen-bond acceptors (Lipinski definition) is 8. The summed E-state index contributed by atoms with van der Waals surface area (Å²) in [4.78, 5) is 22.4. The number of allylic oxidation sites excluding steroid dienone is 4. The Labute approximate surface area is 293 Å². The van der Waals surface area contributed by atoms with Crippen molar-refractivity contribution in [1.82, 2.24) is 0 Å². The van der Waals surface area contributed by atoms with Crippen LogP contribution in [0, 0.1) is 0 Å². The van der Waals surface area contributed by atoms with Crippen LogP contribution in [0.4, 0.5) is 0 Å². The molecule has 0 aromatic rings. The van der Waals surface area contributed by atoms with Crippen LogP contribution in [0.5, 0.6) is 0 Å². The van der Waals surface area contributed by atoms with Gasteiger partial charge in [-0.25, -0.2) is 4.57 Å². The molecule has 0 amide bonds. The predicted octanol–water partition coefficient (Wildman–Crippen LogP) is 9.92. The maximum atomic E-state index is 12.5. The lowest BCUT2D eigenvalue weighted by Crippen LogP contribution is -2.29. The van der Waals surface area contributed by atoms with Crippen LogP contribution in [0.25, 0.3) is 0 Å². The standard InChI is InChI=1S/C38H73O9P/c1-3-5-7-9-11-13-15-17-18-19-21-23-25-27-29-31-44-34-37(35-46-48(42,43)45-33-36(40)32-39)47-38(41)30-28-26-24-22-20-16-14-12-10-8-6-4-2/h12,14-15,17,36-37,39-40H,3-11,13,16,18-35H2,1-2H3,(H,42,43)/b14-12-,17-15-. The Morgan fingerprint density at radius 1 is 0.625 bits per heavy atom. The first-order valence-corrected chi connectivity index (χ1v) is 20.8. The fraction of sp³-hybridized carbons (Fsp3) is 0.868. The second-order valence-corrected chi connectivity index (χ2v) is 14.4. The number of ether oxygens (including phenoxy) is 2. The number of hydrogen-bond donors (Lipinski definition) is 3. The monoisotopic (exact) mass is 704 g/mol. The van der Waals surface area contributed by atoms with E-state index < -0.39 is 39.2 Å². The van der Waals surface area contributed by atoms with Gasteiger partial charge in [0, 0.05) is 13.0 Å². The molecule has 3 N–H and O–H groups in total. The number of phosphoric ester groups is 1. The first-order chi connectivity index (χ1) is 23.3. The van der Waals surface area contributed by atoms with Crippen molar-refractivity contribution in [3.8, 4) is 0 Å². The van der Waals surface area contributed by atoms with Crippen LogP contribution < -0.4 is 0 Å². The van der Waals surface area contributed by atoms with Crippen molar-refractivity contribution in [2.45, 2.75) is 180 Å². The van der Waals surface area contributed by atoms with E-state index in [1.54, 1.807) is 0 Å². The van der Waals surface area contributed by atoms with E-state index in [-0.39, 0.29) is 19.6 Å². The molecule has 0 heterocycles. The first-order valence-electron chi connectivity index (χ1n) is 19.3. The van der Waals surface area contributed by atoms with Gasteiger partial charge in [-0.1, -0.05) is 122 Å². The van der Waals surface area contributed by atoms with Gasteiger partial charge in [-0.15, -0.1) is 0 Å². The van der Waals surface area contributed by atoms with Gasteiger partial charge in [-0.2, -0.15) is 0 Å². The van der Waals surface area contributed by atoms with Crippen molar-refractivity contribution in [3.05, 3.63) is 24.3 Å². The van der Waals surface area contributed by atoms with Crippen LogP contribution in [0.3, 0.4) is 0 Å². The van der Waals surface area contributed by atoms with E-state index in [1.165, 1.54) is 83.5 Å². The van der Waals surface area contributed by atoms with Crippen molar-refractivity contribution in [2.75, 3.05) is 33.0 Å². The summed E-state index contributed by atoms with van der Waals surface area (Å²) in [5, 5.41) is 18.3. The SMILES string of the molecule is CCCCC/C=C\CCCCCCCC(=O)OC(COCCCCCCCC/C=C\CCCCCCC)COP(=O)(O)OCC(O)CO. The normalized spacial score (nSPS) is 14.5. The molecule has 9 nitrogen and oxygen atoms in total. The van der Waals surface area contributed by atoms with E-state index in [1.807, 2.05) is 0 Å². The fourth-order valence-electron chi connectivity index (χ4n) is 5.11. The second-order valence-electron chi connectivity index (χ2n) is 12.9. The molecule has 0 saturated carbocycles. The molecule has 0 spiro atoms. The fourth-order valence-corrected chi connectivity index (χ4v) is 5.90. The summed E-state index contributed by atoms with van der Waals surface area (Å²) >= 11 is 0. The molecule has 48 heavy (non-hydrogen) atoms. The van der Waals surface area contributed by atoms with Gasteiger partial charge in [0.25, 0.3) is 0 Å². The van der Waals surface area contributed by atoms with E-state index in [0.717, 1.165) is 64.2 Å². The van der Waals surface area contributed by atoms with E-state index in [4.69, 9.17) is 23.6 Å². The molecule has 0 saturated heterocycles. The first kappa shape index (κ1) is 46.9. The lowest BCUT2D eigenvalue weighted by molar-refractivity contribution is -0.154. The van der Waals surface area contributed by atoms with Crippen LogP contribution in [0.15, 0.2) is 24.3 Å². The topological polar surface area (TPSA) is 132 Å². The third-order valence-electron chi connectivity index (χ3n) is 8.11. The van der Waals surface area contributed by atoms with E-state index in [9.17, 15) is 19.4 Å². The molecule has 0 aromatic carbocycles. The summed E-state index contributed by atoms with van der Waals surface area (Å²) < 4.78 is 33.2. The summed E-state index contributed by atoms with van der Waals surface area (Å²) in [6.07, 6.45) is 34.2. The summed E-state index contributed by atoms with van der Waals surface area (Å²) in [6.45, 7) is 3.46. The molecule has 3 atom stereocenters. The van der Waals surface area contributed by atoms with Crippen LogP contribution in [-0.2, 0) is 27.9 Å². The minimum Gasteiger partial charge on any atom is -0.457 e. The number of esters is 1. The molecule has 0 aliphatic rings. The lowest BCUT2D eigenvalue weighted by Gasteiger charge is -2.20. The number of rotatable bonds is 37. The molecule has 0 aliphatic carbocycles. The zero-order chi connectivity index (χ0) is 35.4. The number of unbranched alkanes of at least 4 members (excludes halogenated alkanes) is 19. The number of aliphatic hydroxyl groups excluding tert-OH is 2. The van der Waals surface area contributed by atoms with Gasteiger partial charge in [0.15, 0.2) is 0 Å². The van der Waals surface area contributed by atoms with E-state index in [0.29, 0.717) is 6.61 Å². The molecule has 0 fully saturated rings. The average molecular weight is 705 g/mol. The van der Waals surface area contributed by atoms with Gasteiger partial charge in [-0.05, 0) is 64.2 Å². The molecule has 0 aliphatic heterocycles. The lowest BCUT2D eigenvalue weighted by atomic mass is 10.1. The maximum absolute atomic E-state index is 12.5. The highest BCUT2D eigenvalue weighted by atomic mass is 31.2. The Morgan fingerprint density at radius 2 is 1.06 bits per heavy atom. The van der Waals surface area contributed by atoms with Crippen molar-refractivity contribution in [3.63, 3.8) is 0 Å². The smallest absolute Gasteiger partial charge is 0.457 e. The average Bonchev–Trinajstić information content (AvgIpc) is 3.07. The molecule has 0 rings (SSSR count). The minimum atomic E-state index is -4.51. The quantitative estimate of drug-likeness (QED) is 0.0250. The Morgan fingerprint density at radius 3 is 1.60 bits per heavy atom. The van der Waals surface area contributed by atoms with Gasteiger partial charge >= 0.3 is 13.8 Å². The third kappa shape index (κ3) is 34.8. The number of phosphoric acid groups is 1. The van der Waals surface area contributed by atoms with E-state index >= 15 is 0 Å². The molecular formula is C38H73O9P. The zero-order valence-electron chi connectivity index (χ0n) is 30.7. The van der Waals surface area contributed by atoms with Crippen LogP contribution in [0.2, 0.25) is 0 Å². The molecule has 10 heteroatoms. The molecule has 284 valence electrons. The number of aliphatic hydroxyl groups is 2. The molecule has 0 aromatic heterocycles. The summed E-state index contributed by atoms with van der Waals surface area (Å²) in [5.41, 5.74) is 0. The Balaban J connectivity index is 4.24. The van der Waals surface area contributed by atoms with Crippen molar-refractivity contribution < 1.29 is 43.0 Å². The Hall–Kier alpha value is -1.06. The van der Waals surface area contributed by atoms with Gasteiger partial charge in [0.2, 0.25) is 0 Å². The van der Waals surface area contributed by atoms with Crippen molar-refractivity contribution in [1.29, 1.82) is 0 Å². The highest BCUT2D eigenvalue weighted by Gasteiger charge is 2.26. The van der Waals surface area contributed by atoms with Crippen LogP contribution >= 0.6 is 7.82 Å². The Kier molecular flexibility index (Phi) is 35.0.